The lowest BCUT2D eigenvalue weighted by molar-refractivity contribution is -0.134. The molecule has 1 amide bonds. The van der Waals surface area contributed by atoms with Crippen LogP contribution in [0.15, 0.2) is 66.7 Å². The Hall–Kier alpha value is -3.34. The summed E-state index contributed by atoms with van der Waals surface area (Å²) in [7, 11) is 1.61. The van der Waals surface area contributed by atoms with E-state index in [1.54, 1.807) is 19.2 Å². The summed E-state index contributed by atoms with van der Waals surface area (Å²) in [4.78, 5) is 23.9. The SMILES string of the molecule is COc1ccc2ccc(OC(=O)CCNC(=O)Cc3ccccc3)cc2c1. The number of fused-ring (bicyclic) bond motifs is 1. The first-order valence-corrected chi connectivity index (χ1v) is 8.73. The number of carbonyl (C=O) groups is 2. The zero-order valence-corrected chi connectivity index (χ0v) is 15.1. The molecule has 0 unspecified atom stereocenters. The summed E-state index contributed by atoms with van der Waals surface area (Å²) in [6.45, 7) is 0.242. The fourth-order valence-corrected chi connectivity index (χ4v) is 2.72. The quantitative estimate of drug-likeness (QED) is 0.515. The smallest absolute Gasteiger partial charge is 0.312 e. The molecule has 0 saturated carbocycles. The molecule has 5 heteroatoms. The highest BCUT2D eigenvalue weighted by Crippen LogP contribution is 2.25. The Labute approximate surface area is 157 Å². The van der Waals surface area contributed by atoms with E-state index in [-0.39, 0.29) is 18.9 Å². The monoisotopic (exact) mass is 363 g/mol. The van der Waals surface area contributed by atoms with Crippen LogP contribution in [0.3, 0.4) is 0 Å². The summed E-state index contributed by atoms with van der Waals surface area (Å²) in [5, 5.41) is 4.69. The number of amides is 1. The van der Waals surface area contributed by atoms with Crippen LogP contribution in [0.2, 0.25) is 0 Å². The van der Waals surface area contributed by atoms with E-state index < -0.39 is 5.97 Å². The molecule has 0 aliphatic carbocycles. The second-order valence-corrected chi connectivity index (χ2v) is 6.11. The first-order chi connectivity index (χ1) is 13.1. The van der Waals surface area contributed by atoms with Crippen molar-refractivity contribution in [1.82, 2.24) is 5.32 Å². The van der Waals surface area contributed by atoms with Crippen LogP contribution in [-0.2, 0) is 16.0 Å². The fourth-order valence-electron chi connectivity index (χ4n) is 2.72. The van der Waals surface area contributed by atoms with Crippen molar-refractivity contribution in [3.63, 3.8) is 0 Å². The van der Waals surface area contributed by atoms with Gasteiger partial charge in [-0.1, -0.05) is 42.5 Å². The molecule has 1 N–H and O–H groups in total. The minimum absolute atomic E-state index is 0.108. The van der Waals surface area contributed by atoms with Gasteiger partial charge >= 0.3 is 5.97 Å². The molecule has 3 aromatic carbocycles. The van der Waals surface area contributed by atoms with E-state index in [4.69, 9.17) is 9.47 Å². The topological polar surface area (TPSA) is 64.6 Å². The molecule has 0 radical (unpaired) electrons. The van der Waals surface area contributed by atoms with Crippen molar-refractivity contribution < 1.29 is 19.1 Å². The number of hydrogen-bond donors (Lipinski definition) is 1. The second-order valence-electron chi connectivity index (χ2n) is 6.11. The van der Waals surface area contributed by atoms with E-state index in [1.165, 1.54) is 0 Å². The third-order valence-corrected chi connectivity index (χ3v) is 4.11. The summed E-state index contributed by atoms with van der Waals surface area (Å²) in [5.74, 6) is 0.701. The number of benzene rings is 3. The van der Waals surface area contributed by atoms with Crippen molar-refractivity contribution in [2.75, 3.05) is 13.7 Å². The van der Waals surface area contributed by atoms with Gasteiger partial charge < -0.3 is 14.8 Å². The Morgan fingerprint density at radius 1 is 0.889 bits per heavy atom. The maximum atomic E-state index is 12.0. The van der Waals surface area contributed by atoms with Crippen molar-refractivity contribution in [3.8, 4) is 11.5 Å². The van der Waals surface area contributed by atoms with Crippen LogP contribution in [0.5, 0.6) is 11.5 Å². The molecule has 0 aromatic heterocycles. The highest BCUT2D eigenvalue weighted by atomic mass is 16.5. The third-order valence-electron chi connectivity index (χ3n) is 4.11. The lowest BCUT2D eigenvalue weighted by Crippen LogP contribution is -2.28. The van der Waals surface area contributed by atoms with E-state index in [0.29, 0.717) is 12.2 Å². The van der Waals surface area contributed by atoms with Gasteiger partial charge in [0.25, 0.3) is 0 Å². The Bertz CT molecular complexity index is 937. The Kier molecular flexibility index (Phi) is 6.05. The largest absolute Gasteiger partial charge is 0.497 e. The van der Waals surface area contributed by atoms with Gasteiger partial charge in [-0.05, 0) is 40.6 Å². The van der Waals surface area contributed by atoms with E-state index in [0.717, 1.165) is 22.1 Å². The molecular formula is C22H21NO4. The lowest BCUT2D eigenvalue weighted by atomic mass is 10.1. The van der Waals surface area contributed by atoms with E-state index in [2.05, 4.69) is 5.32 Å². The van der Waals surface area contributed by atoms with Crippen molar-refractivity contribution in [2.24, 2.45) is 0 Å². The molecule has 0 aliphatic heterocycles. The fraction of sp³-hybridized carbons (Fsp3) is 0.182. The van der Waals surface area contributed by atoms with Crippen molar-refractivity contribution in [2.45, 2.75) is 12.8 Å². The molecule has 0 bridgehead atoms. The summed E-state index contributed by atoms with van der Waals surface area (Å²) in [5.41, 5.74) is 0.934. The zero-order valence-electron chi connectivity index (χ0n) is 15.1. The van der Waals surface area contributed by atoms with Crippen molar-refractivity contribution >= 4 is 22.6 Å². The normalized spacial score (nSPS) is 10.4. The van der Waals surface area contributed by atoms with Crippen LogP contribution in [0.1, 0.15) is 12.0 Å². The Morgan fingerprint density at radius 3 is 2.33 bits per heavy atom. The predicted octanol–water partition coefficient (Wildman–Crippen LogP) is 3.50. The molecule has 0 atom stereocenters. The molecule has 5 nitrogen and oxygen atoms in total. The van der Waals surface area contributed by atoms with Gasteiger partial charge in [-0.15, -0.1) is 0 Å². The number of nitrogens with one attached hydrogen (secondary N) is 1. The van der Waals surface area contributed by atoms with Gasteiger partial charge in [-0.2, -0.15) is 0 Å². The highest BCUT2D eigenvalue weighted by molar-refractivity contribution is 5.86. The maximum absolute atomic E-state index is 12.0. The average molecular weight is 363 g/mol. The highest BCUT2D eigenvalue weighted by Gasteiger charge is 2.08. The zero-order chi connectivity index (χ0) is 19.1. The molecular weight excluding hydrogens is 342 g/mol. The minimum Gasteiger partial charge on any atom is -0.497 e. The van der Waals surface area contributed by atoms with E-state index in [9.17, 15) is 9.59 Å². The van der Waals surface area contributed by atoms with E-state index >= 15 is 0 Å². The minimum atomic E-state index is -0.391. The van der Waals surface area contributed by atoms with Crippen LogP contribution in [0.25, 0.3) is 10.8 Å². The lowest BCUT2D eigenvalue weighted by Gasteiger charge is -2.08. The second kappa shape index (κ2) is 8.85. The van der Waals surface area contributed by atoms with Crippen molar-refractivity contribution in [1.29, 1.82) is 0 Å². The first kappa shape index (κ1) is 18.5. The molecule has 27 heavy (non-hydrogen) atoms. The average Bonchev–Trinajstić information content (AvgIpc) is 2.68. The summed E-state index contributed by atoms with van der Waals surface area (Å²) >= 11 is 0. The van der Waals surface area contributed by atoms with Gasteiger partial charge in [-0.3, -0.25) is 9.59 Å². The molecule has 0 aliphatic rings. The van der Waals surface area contributed by atoms with Gasteiger partial charge in [0.2, 0.25) is 5.91 Å². The van der Waals surface area contributed by atoms with Crippen LogP contribution in [0, 0.1) is 0 Å². The van der Waals surface area contributed by atoms with Crippen LogP contribution < -0.4 is 14.8 Å². The Balaban J connectivity index is 1.49. The molecule has 3 aromatic rings. The number of methoxy groups -OCH3 is 1. The van der Waals surface area contributed by atoms with Crippen molar-refractivity contribution in [3.05, 3.63) is 72.3 Å². The van der Waals surface area contributed by atoms with Gasteiger partial charge in [0, 0.05) is 6.54 Å². The van der Waals surface area contributed by atoms with Crippen LogP contribution in [-0.4, -0.2) is 25.5 Å². The van der Waals surface area contributed by atoms with Gasteiger partial charge in [0.05, 0.1) is 20.0 Å². The molecule has 3 rings (SSSR count). The molecule has 0 saturated heterocycles. The van der Waals surface area contributed by atoms with Crippen LogP contribution in [0.4, 0.5) is 0 Å². The van der Waals surface area contributed by atoms with Gasteiger partial charge in [-0.25, -0.2) is 0 Å². The summed E-state index contributed by atoms with van der Waals surface area (Å²) in [6.07, 6.45) is 0.402. The maximum Gasteiger partial charge on any atom is 0.312 e. The first-order valence-electron chi connectivity index (χ1n) is 8.73. The summed E-state index contributed by atoms with van der Waals surface area (Å²) in [6, 6.07) is 20.6. The number of hydrogen-bond acceptors (Lipinski definition) is 4. The van der Waals surface area contributed by atoms with Gasteiger partial charge in [0.15, 0.2) is 0 Å². The van der Waals surface area contributed by atoms with Crippen LogP contribution >= 0.6 is 0 Å². The standard InChI is InChI=1S/C22H21NO4/c1-26-19-9-7-17-8-10-20(15-18(17)14-19)27-22(25)11-12-23-21(24)13-16-5-3-2-4-6-16/h2-10,14-15H,11-13H2,1H3,(H,23,24). The predicted molar refractivity (Wildman–Crippen MR) is 104 cm³/mol. The summed E-state index contributed by atoms with van der Waals surface area (Å²) < 4.78 is 10.6. The number of ether oxygens (including phenoxy) is 2. The number of esters is 1. The number of carbonyl (C=O) groups excluding carboxylic acids is 2. The molecule has 0 spiro atoms. The number of rotatable bonds is 7. The third kappa shape index (κ3) is 5.31. The molecule has 138 valence electrons. The Morgan fingerprint density at radius 2 is 1.59 bits per heavy atom. The van der Waals surface area contributed by atoms with E-state index in [1.807, 2.05) is 54.6 Å². The molecule has 0 heterocycles. The van der Waals surface area contributed by atoms with Gasteiger partial charge in [0.1, 0.15) is 11.5 Å². The molecule has 0 fully saturated rings.